The zero-order valence-corrected chi connectivity index (χ0v) is 13.6. The highest BCUT2D eigenvalue weighted by Gasteiger charge is 2.01. The van der Waals surface area contributed by atoms with Crippen LogP contribution in [0.15, 0.2) is 35.8 Å². The van der Waals surface area contributed by atoms with Crippen molar-refractivity contribution in [1.82, 2.24) is 25.4 Å². The van der Waals surface area contributed by atoms with Gasteiger partial charge in [-0.1, -0.05) is 12.1 Å². The lowest BCUT2D eigenvalue weighted by Gasteiger charge is -2.12. The van der Waals surface area contributed by atoms with E-state index in [0.29, 0.717) is 12.1 Å². The molecular weight excluding hydrogens is 295 g/mol. The maximum Gasteiger partial charge on any atom is 0.191 e. The molecule has 0 atom stereocenters. The van der Waals surface area contributed by atoms with Gasteiger partial charge < -0.3 is 15.2 Å². The lowest BCUT2D eigenvalue weighted by Crippen LogP contribution is -2.37. The zero-order valence-electron chi connectivity index (χ0n) is 13.6. The summed E-state index contributed by atoms with van der Waals surface area (Å²) in [5.41, 5.74) is 1.55. The minimum absolute atomic E-state index is 0.179. The first-order valence-electron chi connectivity index (χ1n) is 7.71. The fourth-order valence-corrected chi connectivity index (χ4v) is 2.12. The number of unbranched alkanes of at least 4 members (excludes halogenated alkanes) is 1. The molecule has 6 nitrogen and oxygen atoms in total. The van der Waals surface area contributed by atoms with Crippen LogP contribution in [0, 0.1) is 12.7 Å². The first-order chi connectivity index (χ1) is 11.2. The quantitative estimate of drug-likeness (QED) is 0.465. The van der Waals surface area contributed by atoms with Crippen molar-refractivity contribution in [3.8, 4) is 0 Å². The Morgan fingerprint density at radius 1 is 1.22 bits per heavy atom. The highest BCUT2D eigenvalue weighted by atomic mass is 19.1. The van der Waals surface area contributed by atoms with E-state index in [2.05, 4.69) is 25.8 Å². The summed E-state index contributed by atoms with van der Waals surface area (Å²) in [6.45, 7) is 4.03. The summed E-state index contributed by atoms with van der Waals surface area (Å²) in [5, 5.41) is 14.0. The molecule has 0 unspecified atom stereocenters. The lowest BCUT2D eigenvalue weighted by molar-refractivity contribution is 0.597. The number of guanidine groups is 1. The molecule has 23 heavy (non-hydrogen) atoms. The molecule has 0 saturated carbocycles. The summed E-state index contributed by atoms with van der Waals surface area (Å²) in [7, 11) is 1.72. The number of hydrogen-bond donors (Lipinski definition) is 2. The fraction of sp³-hybridized carbons (Fsp3) is 0.438. The molecule has 1 aromatic carbocycles. The minimum atomic E-state index is -0.179. The maximum atomic E-state index is 13.5. The molecule has 7 heteroatoms. The molecule has 2 rings (SSSR count). The Hall–Kier alpha value is -2.44. The Morgan fingerprint density at radius 3 is 2.70 bits per heavy atom. The van der Waals surface area contributed by atoms with Gasteiger partial charge in [0.1, 0.15) is 18.5 Å². The van der Waals surface area contributed by atoms with Crippen LogP contribution in [-0.2, 0) is 13.1 Å². The number of aryl methyl sites for hydroxylation is 2. The van der Waals surface area contributed by atoms with Crippen LogP contribution in [0.1, 0.15) is 24.0 Å². The monoisotopic (exact) mass is 318 g/mol. The number of aliphatic imine (C=N–C) groups is 1. The lowest BCUT2D eigenvalue weighted by atomic mass is 10.1. The third-order valence-electron chi connectivity index (χ3n) is 3.52. The number of benzene rings is 1. The normalized spacial score (nSPS) is 11.5. The Balaban J connectivity index is 1.65. The van der Waals surface area contributed by atoms with Gasteiger partial charge in [0.15, 0.2) is 5.96 Å². The molecule has 2 aromatic rings. The van der Waals surface area contributed by atoms with Gasteiger partial charge in [-0.25, -0.2) is 4.39 Å². The molecule has 0 aliphatic rings. The molecule has 0 radical (unpaired) electrons. The van der Waals surface area contributed by atoms with Crippen molar-refractivity contribution >= 4 is 5.96 Å². The van der Waals surface area contributed by atoms with E-state index in [1.54, 1.807) is 38.8 Å². The highest BCUT2D eigenvalue weighted by Crippen LogP contribution is 2.08. The van der Waals surface area contributed by atoms with Crippen molar-refractivity contribution in [3.63, 3.8) is 0 Å². The van der Waals surface area contributed by atoms with Gasteiger partial charge in [0.2, 0.25) is 0 Å². The average Bonchev–Trinajstić information content (AvgIpc) is 3.06. The molecule has 0 bridgehead atoms. The van der Waals surface area contributed by atoms with Crippen molar-refractivity contribution in [3.05, 3.63) is 47.8 Å². The topological polar surface area (TPSA) is 67.1 Å². The largest absolute Gasteiger partial charge is 0.356 e. The summed E-state index contributed by atoms with van der Waals surface area (Å²) >= 11 is 0. The standard InChI is InChI=1S/C16H23FN6/c1-13-5-6-14(9-15(13)17)10-20-16(18-2)19-7-3-4-8-23-11-21-22-12-23/h5-6,9,11-12H,3-4,7-8,10H2,1-2H3,(H2,18,19,20). The van der Waals surface area contributed by atoms with Crippen LogP contribution in [-0.4, -0.2) is 34.3 Å². The molecule has 2 N–H and O–H groups in total. The van der Waals surface area contributed by atoms with E-state index in [1.807, 2.05) is 10.6 Å². The van der Waals surface area contributed by atoms with Gasteiger partial charge in [-0.05, 0) is 37.0 Å². The number of nitrogens with zero attached hydrogens (tertiary/aromatic N) is 4. The van der Waals surface area contributed by atoms with Crippen molar-refractivity contribution in [2.45, 2.75) is 32.9 Å². The summed E-state index contributed by atoms with van der Waals surface area (Å²) < 4.78 is 15.5. The predicted octanol–water partition coefficient (Wildman–Crippen LogP) is 1.87. The van der Waals surface area contributed by atoms with Crippen LogP contribution in [0.4, 0.5) is 4.39 Å². The van der Waals surface area contributed by atoms with E-state index in [-0.39, 0.29) is 5.82 Å². The van der Waals surface area contributed by atoms with Crippen molar-refractivity contribution in [2.24, 2.45) is 4.99 Å². The molecule has 0 aliphatic carbocycles. The van der Waals surface area contributed by atoms with E-state index in [4.69, 9.17) is 0 Å². The number of nitrogens with one attached hydrogen (secondary N) is 2. The van der Waals surface area contributed by atoms with Gasteiger partial charge in [-0.3, -0.25) is 4.99 Å². The highest BCUT2D eigenvalue weighted by molar-refractivity contribution is 5.79. The second-order valence-corrected chi connectivity index (χ2v) is 5.34. The first-order valence-corrected chi connectivity index (χ1v) is 7.71. The van der Waals surface area contributed by atoms with Gasteiger partial charge >= 0.3 is 0 Å². The number of halogens is 1. The average molecular weight is 318 g/mol. The summed E-state index contributed by atoms with van der Waals surface area (Å²) in [4.78, 5) is 4.17. The smallest absolute Gasteiger partial charge is 0.191 e. The van der Waals surface area contributed by atoms with E-state index >= 15 is 0 Å². The van der Waals surface area contributed by atoms with Crippen molar-refractivity contribution in [1.29, 1.82) is 0 Å². The van der Waals surface area contributed by atoms with Crippen molar-refractivity contribution < 1.29 is 4.39 Å². The third-order valence-corrected chi connectivity index (χ3v) is 3.52. The number of aromatic nitrogens is 3. The van der Waals surface area contributed by atoms with Crippen LogP contribution in [0.2, 0.25) is 0 Å². The first kappa shape index (κ1) is 16.9. The van der Waals surface area contributed by atoms with E-state index < -0.39 is 0 Å². The zero-order chi connectivity index (χ0) is 16.5. The molecule has 0 amide bonds. The number of rotatable bonds is 7. The summed E-state index contributed by atoms with van der Waals surface area (Å²) in [6, 6.07) is 5.25. The van der Waals surface area contributed by atoms with Crippen LogP contribution in [0.25, 0.3) is 0 Å². The van der Waals surface area contributed by atoms with Crippen LogP contribution in [0.3, 0.4) is 0 Å². The van der Waals surface area contributed by atoms with Crippen molar-refractivity contribution in [2.75, 3.05) is 13.6 Å². The molecule has 1 heterocycles. The Kier molecular flexibility index (Phi) is 6.53. The SMILES string of the molecule is CN=C(NCCCCn1cnnc1)NCc1ccc(C)c(F)c1. The maximum absolute atomic E-state index is 13.5. The van der Waals surface area contributed by atoms with Crippen LogP contribution in [0.5, 0.6) is 0 Å². The predicted molar refractivity (Wildman–Crippen MR) is 88.6 cm³/mol. The Morgan fingerprint density at radius 2 is 2.00 bits per heavy atom. The van der Waals surface area contributed by atoms with Crippen LogP contribution < -0.4 is 10.6 Å². The van der Waals surface area contributed by atoms with Gasteiger partial charge in [0, 0.05) is 26.7 Å². The van der Waals surface area contributed by atoms with E-state index in [9.17, 15) is 4.39 Å². The molecule has 0 aliphatic heterocycles. The second-order valence-electron chi connectivity index (χ2n) is 5.34. The molecule has 1 aromatic heterocycles. The fourth-order valence-electron chi connectivity index (χ4n) is 2.12. The molecule has 0 fully saturated rings. The second kappa shape index (κ2) is 8.87. The van der Waals surface area contributed by atoms with Gasteiger partial charge in [-0.15, -0.1) is 10.2 Å². The molecule has 124 valence electrons. The Labute approximate surface area is 135 Å². The summed E-state index contributed by atoms with van der Waals surface area (Å²) in [5.74, 6) is 0.538. The number of hydrogen-bond acceptors (Lipinski definition) is 3. The molecule has 0 saturated heterocycles. The third kappa shape index (κ3) is 5.69. The molecular formula is C16H23FN6. The Bertz CT molecular complexity index is 624. The van der Waals surface area contributed by atoms with Crippen LogP contribution >= 0.6 is 0 Å². The summed E-state index contributed by atoms with van der Waals surface area (Å²) in [6.07, 6.45) is 5.48. The van der Waals surface area contributed by atoms with Gasteiger partial charge in [-0.2, -0.15) is 0 Å². The van der Waals surface area contributed by atoms with Gasteiger partial charge in [0.05, 0.1) is 0 Å². The van der Waals surface area contributed by atoms with Gasteiger partial charge in [0.25, 0.3) is 0 Å². The minimum Gasteiger partial charge on any atom is -0.356 e. The van der Waals surface area contributed by atoms with E-state index in [1.165, 1.54) is 0 Å². The molecule has 0 spiro atoms. The van der Waals surface area contributed by atoms with E-state index in [0.717, 1.165) is 37.5 Å².